The van der Waals surface area contributed by atoms with Gasteiger partial charge in [0, 0.05) is 43.5 Å². The van der Waals surface area contributed by atoms with Crippen molar-refractivity contribution in [1.82, 2.24) is 15.2 Å². The number of alkyl halides is 3. The second-order valence-electron chi connectivity index (χ2n) is 10.6. The Morgan fingerprint density at radius 2 is 1.74 bits per heavy atom. The van der Waals surface area contributed by atoms with Crippen molar-refractivity contribution in [2.45, 2.75) is 56.2 Å². The number of morpholine rings is 1. The molecule has 3 amide bonds. The fourth-order valence-corrected chi connectivity index (χ4v) is 5.98. The molecule has 2 N–H and O–H groups in total. The molecule has 3 aliphatic rings. The molecule has 1 saturated carbocycles. The fourth-order valence-electron chi connectivity index (χ4n) is 5.98. The number of nitrogens with one attached hydrogen (secondary N) is 2. The van der Waals surface area contributed by atoms with E-state index in [1.807, 2.05) is 12.1 Å². The first-order valence-corrected chi connectivity index (χ1v) is 13.6. The first-order valence-electron chi connectivity index (χ1n) is 13.6. The summed E-state index contributed by atoms with van der Waals surface area (Å²) < 4.78 is 43.7. The van der Waals surface area contributed by atoms with E-state index in [0.717, 1.165) is 63.5 Å². The summed E-state index contributed by atoms with van der Waals surface area (Å²) in [5.41, 5.74) is 1.31. The van der Waals surface area contributed by atoms with Crippen LogP contribution in [0.25, 0.3) is 0 Å². The summed E-state index contributed by atoms with van der Waals surface area (Å²) in [6.07, 6.45) is 2.07. The molecule has 39 heavy (non-hydrogen) atoms. The van der Waals surface area contributed by atoms with Crippen molar-refractivity contribution in [3.8, 4) is 0 Å². The lowest BCUT2D eigenvalue weighted by atomic mass is 9.78. The monoisotopic (exact) mass is 545 g/mol. The Kier molecular flexibility index (Phi) is 8.08. The maximum Gasteiger partial charge on any atom is 0.417 e. The molecule has 11 heteroatoms. The number of urea groups is 1. The van der Waals surface area contributed by atoms with Gasteiger partial charge in [0.2, 0.25) is 5.91 Å². The van der Waals surface area contributed by atoms with E-state index in [4.69, 9.17) is 4.74 Å². The summed E-state index contributed by atoms with van der Waals surface area (Å²) >= 11 is 0. The molecular formula is C28H34F3N5O3. The topological polar surface area (TPSA) is 86.8 Å². The van der Waals surface area contributed by atoms with E-state index in [1.54, 1.807) is 4.90 Å². The third kappa shape index (κ3) is 6.36. The molecule has 3 heterocycles. The van der Waals surface area contributed by atoms with Crippen molar-refractivity contribution in [2.75, 3.05) is 49.6 Å². The van der Waals surface area contributed by atoms with Gasteiger partial charge in [0.1, 0.15) is 11.9 Å². The van der Waals surface area contributed by atoms with Crippen LogP contribution >= 0.6 is 0 Å². The van der Waals surface area contributed by atoms with Crippen LogP contribution in [-0.4, -0.2) is 67.3 Å². The van der Waals surface area contributed by atoms with Crippen LogP contribution in [0, 0.1) is 0 Å². The maximum atomic E-state index is 13.3. The van der Waals surface area contributed by atoms with Gasteiger partial charge in [-0.05, 0) is 55.5 Å². The maximum absolute atomic E-state index is 13.3. The van der Waals surface area contributed by atoms with Gasteiger partial charge in [-0.3, -0.25) is 15.0 Å². The predicted octanol–water partition coefficient (Wildman–Crippen LogP) is 4.56. The van der Waals surface area contributed by atoms with Gasteiger partial charge in [0.15, 0.2) is 0 Å². The SMILES string of the molecule is O=C(Nc1ccc(C(F)(F)F)cn1)NC1CCCN(c2ccc(C3(CN4CCOCC4)CCCC3)cc2)C1=O. The summed E-state index contributed by atoms with van der Waals surface area (Å²) in [4.78, 5) is 33.6. The van der Waals surface area contributed by atoms with Crippen molar-refractivity contribution < 1.29 is 27.5 Å². The Morgan fingerprint density at radius 1 is 1.03 bits per heavy atom. The molecule has 1 atom stereocenters. The van der Waals surface area contributed by atoms with Gasteiger partial charge < -0.3 is 15.0 Å². The summed E-state index contributed by atoms with van der Waals surface area (Å²) in [5, 5.41) is 5.06. The molecule has 1 aromatic heterocycles. The van der Waals surface area contributed by atoms with Crippen molar-refractivity contribution in [3.63, 3.8) is 0 Å². The summed E-state index contributed by atoms with van der Waals surface area (Å²) in [5.74, 6) is -0.248. The van der Waals surface area contributed by atoms with Gasteiger partial charge in [0.05, 0.1) is 18.8 Å². The largest absolute Gasteiger partial charge is 0.417 e. The van der Waals surface area contributed by atoms with Gasteiger partial charge in [-0.1, -0.05) is 25.0 Å². The van der Waals surface area contributed by atoms with E-state index in [1.165, 1.54) is 18.4 Å². The molecule has 0 radical (unpaired) electrons. The third-order valence-corrected chi connectivity index (χ3v) is 8.06. The third-order valence-electron chi connectivity index (χ3n) is 8.06. The van der Waals surface area contributed by atoms with Crippen molar-refractivity contribution >= 4 is 23.4 Å². The van der Waals surface area contributed by atoms with Gasteiger partial charge in [-0.25, -0.2) is 9.78 Å². The summed E-state index contributed by atoms with van der Waals surface area (Å²) in [7, 11) is 0. The van der Waals surface area contributed by atoms with Gasteiger partial charge in [0.25, 0.3) is 0 Å². The minimum atomic E-state index is -4.51. The molecule has 2 aromatic rings. The van der Waals surface area contributed by atoms with Crippen molar-refractivity contribution in [3.05, 3.63) is 53.7 Å². The molecule has 8 nitrogen and oxygen atoms in total. The Bertz CT molecular complexity index is 1140. The Hall–Kier alpha value is -3.18. The molecular weight excluding hydrogens is 511 g/mol. The van der Waals surface area contributed by atoms with Crippen LogP contribution < -0.4 is 15.5 Å². The average molecular weight is 546 g/mol. The number of hydrogen-bond donors (Lipinski definition) is 2. The Labute approximate surface area is 225 Å². The van der Waals surface area contributed by atoms with E-state index in [-0.39, 0.29) is 17.1 Å². The number of rotatable bonds is 6. The van der Waals surface area contributed by atoms with Crippen LogP contribution in [0.1, 0.15) is 49.7 Å². The van der Waals surface area contributed by atoms with Crippen LogP contribution in [0.2, 0.25) is 0 Å². The first kappa shape index (κ1) is 27.4. The summed E-state index contributed by atoms with van der Waals surface area (Å²) in [6.45, 7) is 5.04. The fraction of sp³-hybridized carbons (Fsp3) is 0.536. The number of nitrogens with zero attached hydrogens (tertiary/aromatic N) is 3. The highest BCUT2D eigenvalue weighted by molar-refractivity contribution is 6.01. The highest BCUT2D eigenvalue weighted by Crippen LogP contribution is 2.42. The lowest BCUT2D eigenvalue weighted by Gasteiger charge is -2.38. The number of hydrogen-bond acceptors (Lipinski definition) is 5. The zero-order chi connectivity index (χ0) is 27.5. The Morgan fingerprint density at radius 3 is 2.38 bits per heavy atom. The van der Waals surface area contributed by atoms with Crippen LogP contribution in [0.4, 0.5) is 29.5 Å². The highest BCUT2D eigenvalue weighted by Gasteiger charge is 2.38. The molecule has 5 rings (SSSR count). The van der Waals surface area contributed by atoms with Crippen LogP contribution in [0.15, 0.2) is 42.6 Å². The number of amides is 3. The van der Waals surface area contributed by atoms with Crippen molar-refractivity contribution in [2.24, 2.45) is 0 Å². The molecule has 0 bridgehead atoms. The number of pyridine rings is 1. The predicted molar refractivity (Wildman–Crippen MR) is 141 cm³/mol. The van der Waals surface area contributed by atoms with Gasteiger partial charge in [-0.2, -0.15) is 13.2 Å². The molecule has 2 saturated heterocycles. The molecule has 1 unspecified atom stereocenters. The number of carbonyl (C=O) groups excluding carboxylic acids is 2. The normalized spacial score (nSPS) is 22.1. The van der Waals surface area contributed by atoms with E-state index in [9.17, 15) is 22.8 Å². The zero-order valence-corrected chi connectivity index (χ0v) is 21.8. The number of anilines is 2. The second kappa shape index (κ2) is 11.5. The molecule has 210 valence electrons. The number of piperidine rings is 1. The van der Waals surface area contributed by atoms with Gasteiger partial charge in [-0.15, -0.1) is 0 Å². The number of carbonyl (C=O) groups is 2. The molecule has 1 aromatic carbocycles. The highest BCUT2D eigenvalue weighted by atomic mass is 19.4. The number of benzene rings is 1. The van der Waals surface area contributed by atoms with E-state index < -0.39 is 23.8 Å². The van der Waals surface area contributed by atoms with E-state index in [2.05, 4.69) is 32.7 Å². The minimum Gasteiger partial charge on any atom is -0.379 e. The molecule has 3 fully saturated rings. The van der Waals surface area contributed by atoms with E-state index in [0.29, 0.717) is 25.6 Å². The lowest BCUT2D eigenvalue weighted by Crippen LogP contribution is -2.53. The number of halogens is 3. The van der Waals surface area contributed by atoms with Gasteiger partial charge >= 0.3 is 12.2 Å². The number of ether oxygens (including phenoxy) is 1. The molecule has 0 spiro atoms. The smallest absolute Gasteiger partial charge is 0.379 e. The lowest BCUT2D eigenvalue weighted by molar-refractivity contribution is -0.137. The van der Waals surface area contributed by atoms with Crippen LogP contribution in [0.5, 0.6) is 0 Å². The second-order valence-corrected chi connectivity index (χ2v) is 10.6. The van der Waals surface area contributed by atoms with E-state index >= 15 is 0 Å². The minimum absolute atomic E-state index is 0.0332. The average Bonchev–Trinajstić information content (AvgIpc) is 3.40. The summed E-state index contributed by atoms with van der Waals surface area (Å²) in [6, 6.07) is 8.79. The zero-order valence-electron chi connectivity index (χ0n) is 21.8. The first-order chi connectivity index (χ1) is 18.7. The van der Waals surface area contributed by atoms with Crippen LogP contribution in [-0.2, 0) is 21.1 Å². The molecule has 1 aliphatic carbocycles. The standard InChI is InChI=1S/C28H34F3N5O3/c29-28(30,31)21-7-10-24(32-18-21)34-26(38)33-23-4-3-13-36(25(23)37)22-8-5-20(6-9-22)27(11-1-2-12-27)19-35-14-16-39-17-15-35/h5-10,18,23H,1-4,11-17,19H2,(H2,32,33,34,38). The quantitative estimate of drug-likeness (QED) is 0.556. The van der Waals surface area contributed by atoms with Crippen LogP contribution in [0.3, 0.4) is 0 Å². The van der Waals surface area contributed by atoms with Crippen molar-refractivity contribution in [1.29, 1.82) is 0 Å². The Balaban J connectivity index is 1.21. The molecule has 2 aliphatic heterocycles. The number of aromatic nitrogens is 1.